The van der Waals surface area contributed by atoms with E-state index in [4.69, 9.17) is 23.8 Å². The maximum atomic E-state index is 12.4. The molecule has 4 rings (SSSR count). The monoisotopic (exact) mass is 460 g/mol. The predicted molar refractivity (Wildman–Crippen MR) is 122 cm³/mol. The number of aromatic nitrogens is 2. The van der Waals surface area contributed by atoms with E-state index in [1.165, 1.54) is 34.2 Å². The summed E-state index contributed by atoms with van der Waals surface area (Å²) in [6, 6.07) is 14.5. The van der Waals surface area contributed by atoms with Crippen molar-refractivity contribution in [2.45, 2.75) is 6.92 Å². The first-order chi connectivity index (χ1) is 13.9. The summed E-state index contributed by atoms with van der Waals surface area (Å²) in [6.45, 7) is 1.40. The smallest absolute Gasteiger partial charge is 0.245 e. The Kier molecular flexibility index (Phi) is 5.46. The van der Waals surface area contributed by atoms with Crippen LogP contribution in [0.5, 0.6) is 5.88 Å². The van der Waals surface area contributed by atoms with Crippen molar-refractivity contribution in [3.8, 4) is 5.88 Å². The molecule has 0 aliphatic rings. The Bertz CT molecular complexity index is 1260. The molecule has 0 radical (unpaired) electrons. The minimum atomic E-state index is -0.325. The van der Waals surface area contributed by atoms with Crippen LogP contribution in [0.2, 0.25) is 5.02 Å². The van der Waals surface area contributed by atoms with Crippen LogP contribution in [0.1, 0.15) is 11.8 Å². The Hall–Kier alpha value is -2.59. The van der Waals surface area contributed by atoms with E-state index in [-0.39, 0.29) is 11.8 Å². The number of hydrogen-bond donors (Lipinski definition) is 1. The highest BCUT2D eigenvalue weighted by molar-refractivity contribution is 7.73. The van der Waals surface area contributed by atoms with E-state index in [1.807, 2.05) is 24.3 Å². The van der Waals surface area contributed by atoms with E-state index in [0.717, 1.165) is 21.6 Å². The summed E-state index contributed by atoms with van der Waals surface area (Å²) in [7, 11) is 0. The van der Waals surface area contributed by atoms with Gasteiger partial charge in [0.1, 0.15) is 4.88 Å². The molecule has 0 bridgehead atoms. The second-order valence-corrected chi connectivity index (χ2v) is 9.02. The zero-order valence-corrected chi connectivity index (χ0v) is 18.1. The van der Waals surface area contributed by atoms with Gasteiger partial charge in [-0.05, 0) is 48.6 Å². The molecule has 10 heteroatoms. The lowest BCUT2D eigenvalue weighted by molar-refractivity contribution is -0.117. The van der Waals surface area contributed by atoms with E-state index in [1.54, 1.807) is 24.3 Å². The Morgan fingerprint density at radius 2 is 1.97 bits per heavy atom. The number of para-hydroxylation sites is 1. The van der Waals surface area contributed by atoms with Gasteiger partial charge in [-0.15, -0.1) is 0 Å². The topological polar surface area (TPSA) is 70.7 Å². The van der Waals surface area contributed by atoms with Crippen LogP contribution in [-0.4, -0.2) is 26.9 Å². The number of benzene rings is 2. The number of thiazole rings is 2. The van der Waals surface area contributed by atoms with Crippen LogP contribution >= 0.6 is 46.5 Å². The van der Waals surface area contributed by atoms with E-state index in [2.05, 4.69) is 9.98 Å². The van der Waals surface area contributed by atoms with E-state index in [0.29, 0.717) is 24.7 Å². The van der Waals surface area contributed by atoms with Crippen LogP contribution in [0.4, 0.5) is 10.8 Å². The van der Waals surface area contributed by atoms with Gasteiger partial charge in [0.15, 0.2) is 3.95 Å². The summed E-state index contributed by atoms with van der Waals surface area (Å²) in [4.78, 5) is 21.7. The molecule has 0 unspecified atom stereocenters. The first kappa shape index (κ1) is 19.7. The second kappa shape index (κ2) is 8.03. The van der Waals surface area contributed by atoms with Crippen LogP contribution in [0.3, 0.4) is 0 Å². The molecule has 2 heterocycles. The quantitative estimate of drug-likeness (QED) is 0.308. The summed E-state index contributed by atoms with van der Waals surface area (Å²) >= 11 is 13.8. The highest BCUT2D eigenvalue weighted by Crippen LogP contribution is 2.33. The van der Waals surface area contributed by atoms with Gasteiger partial charge in [-0.25, -0.2) is 4.98 Å². The number of halogens is 1. The third-order valence-corrected chi connectivity index (χ3v) is 6.45. The number of aromatic hydroxyl groups is 1. The number of amides is 1. The van der Waals surface area contributed by atoms with Crippen molar-refractivity contribution in [1.29, 1.82) is 0 Å². The molecule has 0 spiro atoms. The number of hydrogen-bond acceptors (Lipinski definition) is 7. The van der Waals surface area contributed by atoms with Gasteiger partial charge in [-0.2, -0.15) is 9.69 Å². The first-order valence-corrected chi connectivity index (χ1v) is 10.8. The molecule has 4 aromatic rings. The van der Waals surface area contributed by atoms with Gasteiger partial charge >= 0.3 is 0 Å². The average molecular weight is 461 g/mol. The summed E-state index contributed by atoms with van der Waals surface area (Å²) in [5, 5.41) is 13.1. The lowest BCUT2D eigenvalue weighted by atomic mass is 10.3. The SMILES string of the molecule is CC(=O)N(c1nc2ccccc2s1)n1c(O)c(C=Nc2ccc(Cl)cc2)sc1=S. The van der Waals surface area contributed by atoms with E-state index < -0.39 is 0 Å². The number of carbonyl (C=O) groups is 1. The fourth-order valence-corrected chi connectivity index (χ4v) is 4.90. The number of nitrogens with zero attached hydrogens (tertiary/aromatic N) is 4. The molecule has 0 fully saturated rings. The predicted octanol–water partition coefficient (Wildman–Crippen LogP) is 5.81. The number of rotatable bonds is 4. The molecule has 0 saturated carbocycles. The lowest BCUT2D eigenvalue weighted by Crippen LogP contribution is -2.33. The molecule has 1 N–H and O–H groups in total. The molecular formula is C19H13ClN4O2S3. The Labute approximate surface area is 183 Å². The number of carbonyl (C=O) groups excluding carboxylic acids is 1. The van der Waals surface area contributed by atoms with Gasteiger partial charge in [0.05, 0.1) is 22.1 Å². The van der Waals surface area contributed by atoms with Crippen LogP contribution in [-0.2, 0) is 4.79 Å². The van der Waals surface area contributed by atoms with E-state index in [9.17, 15) is 9.90 Å². The van der Waals surface area contributed by atoms with Crippen molar-refractivity contribution in [2.75, 3.05) is 5.01 Å². The van der Waals surface area contributed by atoms with Crippen LogP contribution in [0, 0.1) is 3.95 Å². The maximum absolute atomic E-state index is 12.4. The fourth-order valence-electron chi connectivity index (χ4n) is 2.61. The number of aliphatic imine (C=N–C) groups is 1. The van der Waals surface area contributed by atoms with Gasteiger partial charge in [0.25, 0.3) is 0 Å². The summed E-state index contributed by atoms with van der Waals surface area (Å²) < 4.78 is 2.51. The third kappa shape index (κ3) is 3.95. The molecule has 1 amide bonds. The van der Waals surface area contributed by atoms with Crippen molar-refractivity contribution >= 4 is 79.6 Å². The molecule has 0 aliphatic carbocycles. The standard InChI is InChI=1S/C19H13ClN4O2S3/c1-11(25)23(18-22-14-4-2-3-5-15(14)28-18)24-17(26)16(29-19(24)27)10-21-13-8-6-12(20)7-9-13/h2-10,26H,1H3. The molecule has 2 aromatic carbocycles. The van der Waals surface area contributed by atoms with Gasteiger partial charge in [-0.1, -0.05) is 46.4 Å². The van der Waals surface area contributed by atoms with E-state index >= 15 is 0 Å². The molecular weight excluding hydrogens is 448 g/mol. The van der Waals surface area contributed by atoms with Crippen LogP contribution in [0.25, 0.3) is 10.2 Å². The minimum absolute atomic E-state index is 0.174. The third-order valence-electron chi connectivity index (χ3n) is 3.91. The van der Waals surface area contributed by atoms with Crippen molar-refractivity contribution < 1.29 is 9.90 Å². The highest BCUT2D eigenvalue weighted by atomic mass is 35.5. The lowest BCUT2D eigenvalue weighted by Gasteiger charge is -2.19. The van der Waals surface area contributed by atoms with Crippen molar-refractivity contribution in [3.05, 3.63) is 62.4 Å². The van der Waals surface area contributed by atoms with Crippen LogP contribution in [0.15, 0.2) is 53.5 Å². The molecule has 6 nitrogen and oxygen atoms in total. The van der Waals surface area contributed by atoms with Crippen molar-refractivity contribution in [1.82, 2.24) is 9.66 Å². The molecule has 0 saturated heterocycles. The molecule has 0 aliphatic heterocycles. The number of anilines is 1. The molecule has 146 valence electrons. The summed E-state index contributed by atoms with van der Waals surface area (Å²) in [5.41, 5.74) is 1.44. The van der Waals surface area contributed by atoms with Crippen molar-refractivity contribution in [2.24, 2.45) is 4.99 Å². The average Bonchev–Trinajstić information content (AvgIpc) is 3.23. The molecule has 29 heavy (non-hydrogen) atoms. The normalized spacial score (nSPS) is 11.4. The summed E-state index contributed by atoms with van der Waals surface area (Å²) in [5.74, 6) is -0.499. The summed E-state index contributed by atoms with van der Waals surface area (Å²) in [6.07, 6.45) is 1.51. The Morgan fingerprint density at radius 3 is 2.66 bits per heavy atom. The second-order valence-electron chi connectivity index (χ2n) is 5.90. The van der Waals surface area contributed by atoms with Crippen LogP contribution < -0.4 is 5.01 Å². The Balaban J connectivity index is 1.75. The fraction of sp³-hybridized carbons (Fsp3) is 0.0526. The van der Waals surface area contributed by atoms with Crippen molar-refractivity contribution in [3.63, 3.8) is 0 Å². The Morgan fingerprint density at radius 1 is 1.24 bits per heavy atom. The number of fused-ring (bicyclic) bond motifs is 1. The first-order valence-electron chi connectivity index (χ1n) is 8.35. The maximum Gasteiger partial charge on any atom is 0.245 e. The zero-order valence-electron chi connectivity index (χ0n) is 14.9. The zero-order chi connectivity index (χ0) is 20.5. The molecule has 2 aromatic heterocycles. The van der Waals surface area contributed by atoms with Gasteiger partial charge in [0, 0.05) is 11.9 Å². The largest absolute Gasteiger partial charge is 0.492 e. The molecule has 0 atom stereocenters. The van der Waals surface area contributed by atoms with Gasteiger partial charge < -0.3 is 5.11 Å². The minimum Gasteiger partial charge on any atom is -0.492 e. The van der Waals surface area contributed by atoms with Gasteiger partial charge in [-0.3, -0.25) is 9.79 Å². The van der Waals surface area contributed by atoms with Gasteiger partial charge in [0.2, 0.25) is 16.9 Å². The highest BCUT2D eigenvalue weighted by Gasteiger charge is 2.24.